The number of phenols is 1. The molecule has 0 spiro atoms. The Labute approximate surface area is 258 Å². The number of hydrogen-bond acceptors (Lipinski definition) is 7. The number of likely N-dealkylation sites (tertiary alicyclic amines) is 1. The Kier molecular flexibility index (Phi) is 8.95. The van der Waals surface area contributed by atoms with Gasteiger partial charge in [-0.15, -0.1) is 0 Å². The lowest BCUT2D eigenvalue weighted by molar-refractivity contribution is -0.140. The molecule has 9 heteroatoms. The Morgan fingerprint density at radius 1 is 1.05 bits per heavy atom. The molecule has 226 valence electrons. The zero-order valence-corrected chi connectivity index (χ0v) is 24.8. The summed E-state index contributed by atoms with van der Waals surface area (Å²) in [7, 11) is -1.05. The number of carbonyl (C=O) groups is 2. The van der Waals surface area contributed by atoms with Crippen LogP contribution in [0.25, 0.3) is 11.6 Å². The highest BCUT2D eigenvalue weighted by molar-refractivity contribution is 6.43. The van der Waals surface area contributed by atoms with Crippen molar-refractivity contribution in [3.8, 4) is 11.5 Å². The van der Waals surface area contributed by atoms with Gasteiger partial charge in [0, 0.05) is 12.7 Å². The maximum atomic E-state index is 13.7. The van der Waals surface area contributed by atoms with Gasteiger partial charge < -0.3 is 19.5 Å². The second-order valence-corrected chi connectivity index (χ2v) is 11.8. The fraction of sp³-hybridized carbons (Fsp3) is 0.343. The molecular weight excluding hydrogens is 555 g/mol. The van der Waals surface area contributed by atoms with Crippen LogP contribution in [0.15, 0.2) is 90.1 Å². The molecule has 3 heterocycles. The number of ether oxygens (including phenoxy) is 1. The quantitative estimate of drug-likeness (QED) is 0.185. The van der Waals surface area contributed by atoms with Crippen LogP contribution in [0.1, 0.15) is 43.9 Å². The monoisotopic (exact) mass is 592 g/mol. The van der Waals surface area contributed by atoms with Crippen molar-refractivity contribution in [1.29, 1.82) is 0 Å². The summed E-state index contributed by atoms with van der Waals surface area (Å²) in [6, 6.07) is 22.3. The fourth-order valence-electron chi connectivity index (χ4n) is 6.98. The fourth-order valence-corrected chi connectivity index (χ4v) is 6.98. The predicted molar refractivity (Wildman–Crippen MR) is 168 cm³/mol. The minimum Gasteiger partial charge on any atom is -0.508 e. The molecule has 0 saturated carbocycles. The highest BCUT2D eigenvalue weighted by Crippen LogP contribution is 2.50. The Balaban J connectivity index is 1.34. The second kappa shape index (κ2) is 13.2. The summed E-state index contributed by atoms with van der Waals surface area (Å²) >= 11 is 0. The number of para-hydroxylation sites is 1. The van der Waals surface area contributed by atoms with E-state index >= 15 is 0 Å². The van der Waals surface area contributed by atoms with Gasteiger partial charge in [0.1, 0.15) is 18.1 Å². The average Bonchev–Trinajstić information content (AvgIpc) is 3.28. The summed E-state index contributed by atoms with van der Waals surface area (Å²) < 4.78 is 12.4. The zero-order chi connectivity index (χ0) is 30.6. The zero-order valence-electron chi connectivity index (χ0n) is 24.8. The van der Waals surface area contributed by atoms with E-state index in [4.69, 9.17) is 9.39 Å². The van der Waals surface area contributed by atoms with Crippen molar-refractivity contribution < 1.29 is 29.1 Å². The maximum Gasteiger partial charge on any atom is 0.455 e. The smallest absolute Gasteiger partial charge is 0.455 e. The number of imide groups is 1. The number of amides is 2. The number of allylic oxidation sites excluding steroid dienone is 1. The lowest BCUT2D eigenvalue weighted by atomic mass is 9.58. The molecule has 2 fully saturated rings. The molecule has 0 bridgehead atoms. The first-order chi connectivity index (χ1) is 21.4. The van der Waals surface area contributed by atoms with E-state index < -0.39 is 25.1 Å². The van der Waals surface area contributed by atoms with E-state index in [0.29, 0.717) is 32.2 Å². The molecule has 2 aliphatic heterocycles. The van der Waals surface area contributed by atoms with Crippen molar-refractivity contribution in [3.05, 3.63) is 101 Å². The average molecular weight is 593 g/mol. The molecule has 0 radical (unpaired) electrons. The molecule has 2 saturated heterocycles. The minimum absolute atomic E-state index is 0.120. The summed E-state index contributed by atoms with van der Waals surface area (Å²) in [5.41, 5.74) is 4.68. The van der Waals surface area contributed by atoms with Gasteiger partial charge >= 0.3 is 7.12 Å². The van der Waals surface area contributed by atoms with Crippen LogP contribution < -0.4 is 4.74 Å². The van der Waals surface area contributed by atoms with E-state index in [0.717, 1.165) is 33.7 Å². The van der Waals surface area contributed by atoms with Crippen LogP contribution in [0.5, 0.6) is 11.5 Å². The number of hydrogen-bond donors (Lipinski definition) is 2. The first-order valence-corrected chi connectivity index (χ1v) is 15.4. The topological polar surface area (TPSA) is 109 Å². The number of benzene rings is 2. The van der Waals surface area contributed by atoms with Gasteiger partial charge in [-0.05, 0) is 103 Å². The maximum absolute atomic E-state index is 13.7. The third kappa shape index (κ3) is 6.21. The van der Waals surface area contributed by atoms with E-state index in [9.17, 15) is 19.7 Å². The van der Waals surface area contributed by atoms with Crippen LogP contribution in [0.4, 0.5) is 0 Å². The molecule has 4 atom stereocenters. The Morgan fingerprint density at radius 3 is 2.55 bits per heavy atom. The third-order valence-corrected chi connectivity index (χ3v) is 8.91. The first-order valence-electron chi connectivity index (χ1n) is 15.4. The summed E-state index contributed by atoms with van der Waals surface area (Å²) in [6.45, 7) is 2.64. The van der Waals surface area contributed by atoms with Crippen LogP contribution in [0, 0.1) is 17.8 Å². The van der Waals surface area contributed by atoms with Crippen molar-refractivity contribution in [2.75, 3.05) is 13.2 Å². The molecule has 1 aromatic heterocycles. The van der Waals surface area contributed by atoms with Gasteiger partial charge in [0.05, 0.1) is 23.6 Å². The van der Waals surface area contributed by atoms with E-state index in [-0.39, 0.29) is 36.4 Å². The SMILES string of the molecule is CCCN1C(=O)[C@@H]2[C@@H](CC(COc3ccccc3)=C3[C@@H](CC/C(=C/c4ccc(O)cc4)c4ccccn4)OB(O)C[C@@H]32)C1=O. The van der Waals surface area contributed by atoms with Gasteiger partial charge in [-0.25, -0.2) is 0 Å². The number of nitrogens with zero attached hydrogens (tertiary/aromatic N) is 2. The molecule has 44 heavy (non-hydrogen) atoms. The summed E-state index contributed by atoms with van der Waals surface area (Å²) in [6.07, 6.45) is 5.85. The van der Waals surface area contributed by atoms with Gasteiger partial charge in [-0.2, -0.15) is 0 Å². The standard InChI is InChI=1S/C35H37BN2O6/c1-2-18-38-34(40)28-20-25(22-43-27-8-4-3-5-9-27)32-29(33(28)35(38)41)21-36(42)44-31(32)16-13-24(30-10-6-7-17-37-30)19-23-11-14-26(39)15-12-23/h3-12,14-15,17,19,28-29,31,33,39,42H,2,13,16,18,20-22H2,1H3/b24-19-/t28-,29+,31-,33-/m1/s1. The lowest BCUT2D eigenvalue weighted by Gasteiger charge is -2.43. The highest BCUT2D eigenvalue weighted by Gasteiger charge is 2.57. The van der Waals surface area contributed by atoms with Crippen LogP contribution in [-0.4, -0.2) is 58.2 Å². The van der Waals surface area contributed by atoms with Crippen molar-refractivity contribution in [2.24, 2.45) is 17.8 Å². The van der Waals surface area contributed by atoms with Gasteiger partial charge in [0.15, 0.2) is 0 Å². The molecule has 2 N–H and O–H groups in total. The molecule has 3 aromatic rings. The largest absolute Gasteiger partial charge is 0.508 e. The van der Waals surface area contributed by atoms with Crippen molar-refractivity contribution in [2.45, 2.75) is 45.0 Å². The van der Waals surface area contributed by atoms with Crippen molar-refractivity contribution in [3.63, 3.8) is 0 Å². The number of phenolic OH excluding ortho intramolecular Hbond substituents is 1. The van der Waals surface area contributed by atoms with E-state index in [1.165, 1.54) is 4.90 Å². The van der Waals surface area contributed by atoms with Gasteiger partial charge in [0.25, 0.3) is 0 Å². The van der Waals surface area contributed by atoms with Crippen LogP contribution >= 0.6 is 0 Å². The number of rotatable bonds is 10. The number of carbonyl (C=O) groups excluding carboxylic acids is 2. The van der Waals surface area contributed by atoms with Gasteiger partial charge in [0.2, 0.25) is 11.8 Å². The highest BCUT2D eigenvalue weighted by atomic mass is 16.5. The lowest BCUT2D eigenvalue weighted by Crippen LogP contribution is -2.46. The minimum atomic E-state index is -1.05. The molecule has 6 rings (SSSR count). The third-order valence-electron chi connectivity index (χ3n) is 8.91. The Morgan fingerprint density at radius 2 is 1.82 bits per heavy atom. The van der Waals surface area contributed by atoms with Crippen LogP contribution in [-0.2, 0) is 14.2 Å². The molecule has 2 aromatic carbocycles. The number of aromatic nitrogens is 1. The van der Waals surface area contributed by atoms with Crippen molar-refractivity contribution >= 4 is 30.6 Å². The Hall–Kier alpha value is -4.21. The molecule has 8 nitrogen and oxygen atoms in total. The molecule has 3 aliphatic rings. The second-order valence-electron chi connectivity index (χ2n) is 11.8. The van der Waals surface area contributed by atoms with Gasteiger partial charge in [-0.3, -0.25) is 19.5 Å². The van der Waals surface area contributed by atoms with Crippen LogP contribution in [0.3, 0.4) is 0 Å². The molecule has 1 aliphatic carbocycles. The molecule has 2 amide bonds. The number of fused-ring (bicyclic) bond motifs is 3. The first kappa shape index (κ1) is 29.8. The molecular formula is C35H37BN2O6. The summed E-state index contributed by atoms with van der Waals surface area (Å²) in [5.74, 6) is -0.609. The van der Waals surface area contributed by atoms with E-state index in [1.54, 1.807) is 18.3 Å². The Bertz CT molecular complexity index is 1540. The van der Waals surface area contributed by atoms with E-state index in [1.807, 2.05) is 73.7 Å². The normalized spacial score (nSPS) is 23.5. The predicted octanol–water partition coefficient (Wildman–Crippen LogP) is 5.39. The summed E-state index contributed by atoms with van der Waals surface area (Å²) in [4.78, 5) is 33.2. The number of pyridine rings is 1. The number of aromatic hydroxyl groups is 1. The van der Waals surface area contributed by atoms with Gasteiger partial charge in [-0.1, -0.05) is 43.3 Å². The van der Waals surface area contributed by atoms with E-state index in [2.05, 4.69) is 4.98 Å². The summed E-state index contributed by atoms with van der Waals surface area (Å²) in [5, 5.41) is 20.7. The van der Waals surface area contributed by atoms with Crippen molar-refractivity contribution in [1.82, 2.24) is 9.88 Å². The molecule has 0 unspecified atom stereocenters. The van der Waals surface area contributed by atoms with Crippen LogP contribution in [0.2, 0.25) is 6.32 Å².